The summed E-state index contributed by atoms with van der Waals surface area (Å²) in [7, 11) is 0. The standard InChI is InChI=1S/C26H30F3NO4/c1-2-33-25-21(9-6-16-31)22(19-10-12-20(13-11-19)26(27,28)29)17-23(34-25)24(32)30-15-14-18-7-4-3-5-8-18/h3-5,7-8,10-13,17,21-22,25,31H,2,6,9,14-16H2,1H3,(H,30,32)/t21-,22+,25+/m0/s1. The largest absolute Gasteiger partial charge is 0.459 e. The Morgan fingerprint density at radius 1 is 1.12 bits per heavy atom. The molecule has 0 unspecified atom stereocenters. The maximum atomic E-state index is 13.0. The predicted octanol–water partition coefficient (Wildman–Crippen LogP) is 4.81. The van der Waals surface area contributed by atoms with Crippen LogP contribution in [0.15, 0.2) is 66.4 Å². The molecule has 184 valence electrons. The van der Waals surface area contributed by atoms with Crippen LogP contribution in [0.5, 0.6) is 0 Å². The van der Waals surface area contributed by atoms with E-state index in [0.29, 0.717) is 38.0 Å². The first-order chi connectivity index (χ1) is 16.3. The number of carbonyl (C=O) groups excluding carboxylic acids is 1. The molecule has 0 aromatic heterocycles. The van der Waals surface area contributed by atoms with E-state index in [4.69, 9.17) is 9.47 Å². The molecule has 1 heterocycles. The van der Waals surface area contributed by atoms with Crippen LogP contribution >= 0.6 is 0 Å². The number of ether oxygens (including phenoxy) is 2. The van der Waals surface area contributed by atoms with Crippen LogP contribution in [0.2, 0.25) is 0 Å². The normalized spacial score (nSPS) is 20.4. The maximum Gasteiger partial charge on any atom is 0.416 e. The average Bonchev–Trinajstić information content (AvgIpc) is 2.83. The molecule has 8 heteroatoms. The molecule has 0 saturated carbocycles. The van der Waals surface area contributed by atoms with E-state index < -0.39 is 29.9 Å². The van der Waals surface area contributed by atoms with Crippen LogP contribution in [-0.4, -0.2) is 37.1 Å². The molecule has 0 spiro atoms. The molecule has 5 nitrogen and oxygen atoms in total. The number of hydrogen-bond donors (Lipinski definition) is 2. The highest BCUT2D eigenvalue weighted by atomic mass is 19.4. The number of aliphatic hydroxyl groups is 1. The van der Waals surface area contributed by atoms with E-state index in [2.05, 4.69) is 5.32 Å². The number of carbonyl (C=O) groups is 1. The highest BCUT2D eigenvalue weighted by Crippen LogP contribution is 2.40. The fraction of sp³-hybridized carbons (Fsp3) is 0.423. The first-order valence-electron chi connectivity index (χ1n) is 11.4. The van der Waals surface area contributed by atoms with Gasteiger partial charge in [0.05, 0.1) is 5.56 Å². The van der Waals surface area contributed by atoms with E-state index >= 15 is 0 Å². The van der Waals surface area contributed by atoms with Crippen LogP contribution in [0.1, 0.15) is 42.4 Å². The molecule has 2 aromatic carbocycles. The number of amides is 1. The summed E-state index contributed by atoms with van der Waals surface area (Å²) in [5.41, 5.74) is 0.971. The molecule has 0 aliphatic carbocycles. The topological polar surface area (TPSA) is 67.8 Å². The van der Waals surface area contributed by atoms with E-state index in [1.165, 1.54) is 12.1 Å². The molecule has 0 saturated heterocycles. The Hall–Kier alpha value is -2.84. The lowest BCUT2D eigenvalue weighted by molar-refractivity contribution is -0.166. The fourth-order valence-electron chi connectivity index (χ4n) is 4.09. The van der Waals surface area contributed by atoms with E-state index in [-0.39, 0.29) is 18.3 Å². The van der Waals surface area contributed by atoms with Gasteiger partial charge in [-0.25, -0.2) is 0 Å². The molecule has 2 aromatic rings. The molecular weight excluding hydrogens is 447 g/mol. The minimum atomic E-state index is -4.43. The smallest absolute Gasteiger partial charge is 0.416 e. The number of benzene rings is 2. The summed E-state index contributed by atoms with van der Waals surface area (Å²) in [6.45, 7) is 2.51. The summed E-state index contributed by atoms with van der Waals surface area (Å²) in [5, 5.41) is 12.2. The van der Waals surface area contributed by atoms with Crippen molar-refractivity contribution in [3.05, 3.63) is 83.1 Å². The first kappa shape index (κ1) is 25.8. The lowest BCUT2D eigenvalue weighted by Crippen LogP contribution is -2.39. The predicted molar refractivity (Wildman–Crippen MR) is 122 cm³/mol. The number of hydrogen-bond acceptors (Lipinski definition) is 4. The van der Waals surface area contributed by atoms with Crippen molar-refractivity contribution in [1.29, 1.82) is 0 Å². The van der Waals surface area contributed by atoms with Gasteiger partial charge in [0.2, 0.25) is 6.29 Å². The Morgan fingerprint density at radius 2 is 1.82 bits per heavy atom. The second-order valence-corrected chi connectivity index (χ2v) is 8.14. The molecule has 1 aliphatic heterocycles. The molecule has 0 bridgehead atoms. The highest BCUT2D eigenvalue weighted by molar-refractivity contribution is 5.91. The molecule has 2 N–H and O–H groups in total. The third-order valence-electron chi connectivity index (χ3n) is 5.80. The summed E-state index contributed by atoms with van der Waals surface area (Å²) >= 11 is 0. The van der Waals surface area contributed by atoms with E-state index in [1.807, 2.05) is 30.3 Å². The van der Waals surface area contributed by atoms with Gasteiger partial charge in [-0.15, -0.1) is 0 Å². The van der Waals surface area contributed by atoms with Gasteiger partial charge in [-0.05, 0) is 55.5 Å². The van der Waals surface area contributed by atoms with Crippen LogP contribution in [0.4, 0.5) is 13.2 Å². The maximum absolute atomic E-state index is 13.0. The second-order valence-electron chi connectivity index (χ2n) is 8.14. The molecule has 3 atom stereocenters. The third-order valence-corrected chi connectivity index (χ3v) is 5.80. The van der Waals surface area contributed by atoms with Crippen molar-refractivity contribution in [2.75, 3.05) is 19.8 Å². The summed E-state index contributed by atoms with van der Waals surface area (Å²) in [5.74, 6) is -1.01. The Morgan fingerprint density at radius 3 is 2.44 bits per heavy atom. The molecule has 1 aliphatic rings. The quantitative estimate of drug-likeness (QED) is 0.515. The minimum absolute atomic E-state index is 0.0361. The van der Waals surface area contributed by atoms with Gasteiger partial charge >= 0.3 is 6.18 Å². The number of nitrogens with one attached hydrogen (secondary N) is 1. The lowest BCUT2D eigenvalue weighted by atomic mass is 9.80. The van der Waals surface area contributed by atoms with Crippen LogP contribution in [0.3, 0.4) is 0 Å². The van der Waals surface area contributed by atoms with Crippen LogP contribution in [-0.2, 0) is 26.9 Å². The highest BCUT2D eigenvalue weighted by Gasteiger charge is 2.38. The van der Waals surface area contributed by atoms with E-state index in [0.717, 1.165) is 17.7 Å². The minimum Gasteiger partial charge on any atom is -0.459 e. The van der Waals surface area contributed by atoms with Crippen molar-refractivity contribution >= 4 is 5.91 Å². The van der Waals surface area contributed by atoms with Gasteiger partial charge in [0.1, 0.15) is 0 Å². The van der Waals surface area contributed by atoms with Gasteiger partial charge in [0.25, 0.3) is 5.91 Å². The number of halogens is 3. The van der Waals surface area contributed by atoms with Crippen LogP contribution in [0, 0.1) is 5.92 Å². The van der Waals surface area contributed by atoms with Crippen molar-refractivity contribution in [3.63, 3.8) is 0 Å². The van der Waals surface area contributed by atoms with E-state index in [1.54, 1.807) is 13.0 Å². The third kappa shape index (κ3) is 6.84. The molecule has 0 radical (unpaired) electrons. The summed E-state index contributed by atoms with van der Waals surface area (Å²) < 4.78 is 50.8. The zero-order valence-corrected chi connectivity index (χ0v) is 19.1. The zero-order chi connectivity index (χ0) is 24.6. The summed E-state index contributed by atoms with van der Waals surface area (Å²) in [4.78, 5) is 12.9. The van der Waals surface area contributed by atoms with Crippen molar-refractivity contribution < 1.29 is 32.5 Å². The Kier molecular flexibility index (Phi) is 9.12. The van der Waals surface area contributed by atoms with Crippen molar-refractivity contribution in [2.45, 2.75) is 44.6 Å². The van der Waals surface area contributed by atoms with Crippen molar-refractivity contribution in [2.24, 2.45) is 5.92 Å². The molecule has 3 rings (SSSR count). The Bertz CT molecular complexity index is 945. The lowest BCUT2D eigenvalue weighted by Gasteiger charge is -2.37. The number of alkyl halides is 3. The second kappa shape index (κ2) is 12.0. The van der Waals surface area contributed by atoms with Crippen molar-refractivity contribution in [1.82, 2.24) is 5.32 Å². The van der Waals surface area contributed by atoms with E-state index in [9.17, 15) is 23.1 Å². The Balaban J connectivity index is 1.83. The van der Waals surface area contributed by atoms with Gasteiger partial charge in [0.15, 0.2) is 5.76 Å². The number of aliphatic hydroxyl groups excluding tert-OH is 1. The molecular formula is C26H30F3NO4. The van der Waals surface area contributed by atoms with Gasteiger partial charge < -0.3 is 19.9 Å². The zero-order valence-electron chi connectivity index (χ0n) is 19.1. The SMILES string of the molecule is CCO[C@@H]1OC(C(=O)NCCc2ccccc2)=C[C@H](c2ccc(C(F)(F)F)cc2)[C@@H]1CCCO. The van der Waals surface area contributed by atoms with Crippen LogP contribution < -0.4 is 5.32 Å². The summed E-state index contributed by atoms with van der Waals surface area (Å²) in [6.07, 6.45) is -1.90. The van der Waals surface area contributed by atoms with Gasteiger partial charge in [-0.1, -0.05) is 42.5 Å². The number of allylic oxidation sites excluding steroid dienone is 1. The van der Waals surface area contributed by atoms with Gasteiger partial charge in [-0.3, -0.25) is 4.79 Å². The Labute approximate surface area is 197 Å². The molecule has 34 heavy (non-hydrogen) atoms. The van der Waals surface area contributed by atoms with Crippen molar-refractivity contribution in [3.8, 4) is 0 Å². The first-order valence-corrected chi connectivity index (χ1v) is 11.4. The molecule has 0 fully saturated rings. The van der Waals surface area contributed by atoms with Gasteiger partial charge in [0, 0.05) is 31.6 Å². The molecule has 1 amide bonds. The summed E-state index contributed by atoms with van der Waals surface area (Å²) in [6, 6.07) is 14.7. The van der Waals surface area contributed by atoms with Gasteiger partial charge in [-0.2, -0.15) is 13.2 Å². The van der Waals surface area contributed by atoms with Crippen LogP contribution in [0.25, 0.3) is 0 Å². The monoisotopic (exact) mass is 477 g/mol. The average molecular weight is 478 g/mol. The number of rotatable bonds is 10. The fourth-order valence-corrected chi connectivity index (χ4v) is 4.09.